The smallest absolute Gasteiger partial charge is 0.243 e. The molecule has 1 fully saturated rings. The van der Waals surface area contributed by atoms with Gasteiger partial charge in [-0.1, -0.05) is 18.2 Å². The number of aryl methyl sites for hydroxylation is 1. The lowest BCUT2D eigenvalue weighted by molar-refractivity contribution is -0.126. The molecule has 0 bridgehead atoms. The number of amides is 1. The number of ether oxygens (including phenoxy) is 1. The highest BCUT2D eigenvalue weighted by atomic mass is 32.2. The second-order valence-electron chi connectivity index (χ2n) is 5.73. The SMILES string of the molecule is COCCNC(=O)C1CCN(S(=O)(=O)c2ccccc2C)CC1. The van der Waals surface area contributed by atoms with Crippen molar-refractivity contribution in [2.45, 2.75) is 24.7 Å². The number of hydrogen-bond donors (Lipinski definition) is 1. The minimum Gasteiger partial charge on any atom is -0.383 e. The zero-order valence-electron chi connectivity index (χ0n) is 13.6. The number of sulfonamides is 1. The van der Waals surface area contributed by atoms with Crippen molar-refractivity contribution in [3.05, 3.63) is 29.8 Å². The molecule has 0 atom stereocenters. The van der Waals surface area contributed by atoms with Crippen LogP contribution in [0.5, 0.6) is 0 Å². The van der Waals surface area contributed by atoms with E-state index in [1.807, 2.05) is 6.07 Å². The zero-order chi connectivity index (χ0) is 16.9. The third kappa shape index (κ3) is 4.31. The van der Waals surface area contributed by atoms with Crippen LogP contribution in [-0.4, -0.2) is 52.0 Å². The molecule has 1 aromatic carbocycles. The maximum atomic E-state index is 12.7. The summed E-state index contributed by atoms with van der Waals surface area (Å²) in [7, 11) is -1.90. The summed E-state index contributed by atoms with van der Waals surface area (Å²) >= 11 is 0. The Morgan fingerprint density at radius 2 is 1.96 bits per heavy atom. The fourth-order valence-electron chi connectivity index (χ4n) is 2.76. The number of benzene rings is 1. The van der Waals surface area contributed by atoms with Crippen molar-refractivity contribution in [1.82, 2.24) is 9.62 Å². The van der Waals surface area contributed by atoms with Crippen LogP contribution >= 0.6 is 0 Å². The second-order valence-corrected chi connectivity index (χ2v) is 7.63. The summed E-state index contributed by atoms with van der Waals surface area (Å²) in [5.74, 6) is -0.148. The Balaban J connectivity index is 1.96. The predicted molar refractivity (Wildman–Crippen MR) is 87.5 cm³/mol. The van der Waals surface area contributed by atoms with Crippen LogP contribution in [-0.2, 0) is 19.6 Å². The van der Waals surface area contributed by atoms with Gasteiger partial charge in [-0.15, -0.1) is 0 Å². The van der Waals surface area contributed by atoms with E-state index in [0.29, 0.717) is 44.0 Å². The number of methoxy groups -OCH3 is 1. The first kappa shape index (κ1) is 17.9. The first-order valence-corrected chi connectivity index (χ1v) is 9.23. The molecule has 0 spiro atoms. The van der Waals surface area contributed by atoms with Crippen LogP contribution in [0.3, 0.4) is 0 Å². The van der Waals surface area contributed by atoms with Crippen LogP contribution in [0.25, 0.3) is 0 Å². The van der Waals surface area contributed by atoms with Crippen molar-refractivity contribution < 1.29 is 17.9 Å². The highest BCUT2D eigenvalue weighted by molar-refractivity contribution is 7.89. The van der Waals surface area contributed by atoms with Crippen molar-refractivity contribution >= 4 is 15.9 Å². The Morgan fingerprint density at radius 1 is 1.30 bits per heavy atom. The predicted octanol–water partition coefficient (Wildman–Crippen LogP) is 1.16. The lowest BCUT2D eigenvalue weighted by Crippen LogP contribution is -2.43. The number of hydrogen-bond acceptors (Lipinski definition) is 4. The van der Waals surface area contributed by atoms with Crippen LogP contribution in [0, 0.1) is 12.8 Å². The molecule has 128 valence electrons. The van der Waals surface area contributed by atoms with E-state index in [1.54, 1.807) is 32.2 Å². The van der Waals surface area contributed by atoms with E-state index in [0.717, 1.165) is 5.56 Å². The van der Waals surface area contributed by atoms with E-state index in [4.69, 9.17) is 4.74 Å². The topological polar surface area (TPSA) is 75.7 Å². The molecule has 1 N–H and O–H groups in total. The van der Waals surface area contributed by atoms with E-state index < -0.39 is 10.0 Å². The van der Waals surface area contributed by atoms with Crippen molar-refractivity contribution in [1.29, 1.82) is 0 Å². The molecule has 6 nitrogen and oxygen atoms in total. The van der Waals surface area contributed by atoms with Gasteiger partial charge in [-0.2, -0.15) is 4.31 Å². The molecule has 2 rings (SSSR count). The fourth-order valence-corrected chi connectivity index (χ4v) is 4.46. The van der Waals surface area contributed by atoms with Crippen LogP contribution < -0.4 is 5.32 Å². The highest BCUT2D eigenvalue weighted by Gasteiger charge is 2.32. The van der Waals surface area contributed by atoms with Gasteiger partial charge in [0.05, 0.1) is 11.5 Å². The molecule has 0 aromatic heterocycles. The maximum Gasteiger partial charge on any atom is 0.243 e. The summed E-state index contributed by atoms with van der Waals surface area (Å²) in [6, 6.07) is 6.98. The third-order valence-corrected chi connectivity index (χ3v) is 6.20. The summed E-state index contributed by atoms with van der Waals surface area (Å²) in [4.78, 5) is 12.4. The first-order chi connectivity index (χ1) is 11.0. The van der Waals surface area contributed by atoms with Crippen LogP contribution in [0.1, 0.15) is 18.4 Å². The maximum absolute atomic E-state index is 12.7. The molecule has 0 saturated carbocycles. The van der Waals surface area contributed by atoms with Gasteiger partial charge in [-0.3, -0.25) is 4.79 Å². The molecule has 0 unspecified atom stereocenters. The molecule has 0 aliphatic carbocycles. The molecule has 1 amide bonds. The third-order valence-electron chi connectivity index (χ3n) is 4.14. The first-order valence-electron chi connectivity index (χ1n) is 7.79. The Labute approximate surface area is 137 Å². The molecule has 23 heavy (non-hydrogen) atoms. The Morgan fingerprint density at radius 3 is 2.57 bits per heavy atom. The van der Waals surface area contributed by atoms with Crippen molar-refractivity contribution in [2.24, 2.45) is 5.92 Å². The fraction of sp³-hybridized carbons (Fsp3) is 0.562. The largest absolute Gasteiger partial charge is 0.383 e. The van der Waals surface area contributed by atoms with E-state index in [1.165, 1.54) is 4.31 Å². The molecular weight excluding hydrogens is 316 g/mol. The van der Waals surface area contributed by atoms with Gasteiger partial charge < -0.3 is 10.1 Å². The zero-order valence-corrected chi connectivity index (χ0v) is 14.4. The standard InChI is InChI=1S/C16H24N2O4S/c1-13-5-3-4-6-15(13)23(20,21)18-10-7-14(8-11-18)16(19)17-9-12-22-2/h3-6,14H,7-12H2,1-2H3,(H,17,19). The van der Waals surface area contributed by atoms with Crippen molar-refractivity contribution in [3.63, 3.8) is 0 Å². The monoisotopic (exact) mass is 340 g/mol. The summed E-state index contributed by atoms with van der Waals surface area (Å²) in [6.45, 7) is 3.50. The number of nitrogens with one attached hydrogen (secondary N) is 1. The van der Waals surface area contributed by atoms with E-state index in [9.17, 15) is 13.2 Å². The normalized spacial score (nSPS) is 17.1. The number of rotatable bonds is 6. The van der Waals surface area contributed by atoms with Gasteiger partial charge in [0.2, 0.25) is 15.9 Å². The molecule has 7 heteroatoms. The molecule has 1 aromatic rings. The van der Waals surface area contributed by atoms with Gasteiger partial charge in [0, 0.05) is 32.7 Å². The average molecular weight is 340 g/mol. The Bertz CT molecular complexity index is 637. The van der Waals surface area contributed by atoms with Crippen LogP contribution in [0.2, 0.25) is 0 Å². The molecule has 1 aliphatic rings. The Hall–Kier alpha value is -1.44. The molecular formula is C16H24N2O4S. The lowest BCUT2D eigenvalue weighted by atomic mass is 9.97. The van der Waals surface area contributed by atoms with Crippen molar-refractivity contribution in [3.8, 4) is 0 Å². The average Bonchev–Trinajstić information content (AvgIpc) is 2.55. The van der Waals surface area contributed by atoms with Crippen LogP contribution in [0.15, 0.2) is 29.2 Å². The summed E-state index contributed by atoms with van der Waals surface area (Å²) in [5.41, 5.74) is 0.743. The van der Waals surface area contributed by atoms with E-state index in [-0.39, 0.29) is 11.8 Å². The number of piperidine rings is 1. The van der Waals surface area contributed by atoms with Gasteiger partial charge in [-0.25, -0.2) is 8.42 Å². The molecule has 1 heterocycles. The minimum absolute atomic E-state index is 0.0185. The quantitative estimate of drug-likeness (QED) is 0.789. The van der Waals surface area contributed by atoms with Gasteiger partial charge in [0.1, 0.15) is 0 Å². The van der Waals surface area contributed by atoms with Gasteiger partial charge in [0.15, 0.2) is 0 Å². The summed E-state index contributed by atoms with van der Waals surface area (Å²) in [5, 5.41) is 2.82. The summed E-state index contributed by atoms with van der Waals surface area (Å²) < 4.78 is 31.8. The van der Waals surface area contributed by atoms with E-state index in [2.05, 4.69) is 5.32 Å². The lowest BCUT2D eigenvalue weighted by Gasteiger charge is -2.30. The summed E-state index contributed by atoms with van der Waals surface area (Å²) in [6.07, 6.45) is 1.09. The number of carbonyl (C=O) groups excluding carboxylic acids is 1. The molecule has 1 aliphatic heterocycles. The van der Waals surface area contributed by atoms with Gasteiger partial charge in [0.25, 0.3) is 0 Å². The number of carbonyl (C=O) groups is 1. The Kier molecular flexibility index (Phi) is 6.15. The van der Waals surface area contributed by atoms with Gasteiger partial charge >= 0.3 is 0 Å². The molecule has 0 radical (unpaired) electrons. The number of nitrogens with zero attached hydrogens (tertiary/aromatic N) is 1. The van der Waals surface area contributed by atoms with E-state index >= 15 is 0 Å². The van der Waals surface area contributed by atoms with Crippen molar-refractivity contribution in [2.75, 3.05) is 33.4 Å². The second kappa shape index (κ2) is 7.90. The minimum atomic E-state index is -3.48. The van der Waals surface area contributed by atoms with Gasteiger partial charge in [-0.05, 0) is 31.4 Å². The molecule has 1 saturated heterocycles. The van der Waals surface area contributed by atoms with Crippen LogP contribution in [0.4, 0.5) is 0 Å². The highest BCUT2D eigenvalue weighted by Crippen LogP contribution is 2.25.